The molecule has 2 rings (SSSR count). The molecule has 0 aliphatic carbocycles. The van der Waals surface area contributed by atoms with Gasteiger partial charge in [0, 0.05) is 12.1 Å². The maximum absolute atomic E-state index is 12.2. The molecule has 0 saturated heterocycles. The van der Waals surface area contributed by atoms with E-state index in [2.05, 4.69) is 36.2 Å². The molecular weight excluding hydrogens is 252 g/mol. The van der Waals surface area contributed by atoms with E-state index in [1.807, 2.05) is 26.0 Å². The van der Waals surface area contributed by atoms with Gasteiger partial charge in [-0.05, 0) is 39.3 Å². The first-order valence-electron chi connectivity index (χ1n) is 7.29. The minimum Gasteiger partial charge on any atom is -0.464 e. The molecule has 1 aromatic carbocycles. The predicted molar refractivity (Wildman–Crippen MR) is 82.2 cm³/mol. The quantitative estimate of drug-likeness (QED) is 0.858. The van der Waals surface area contributed by atoms with Gasteiger partial charge in [-0.25, -0.2) is 4.79 Å². The summed E-state index contributed by atoms with van der Waals surface area (Å²) in [5.41, 5.74) is 2.08. The topological polar surface area (TPSA) is 41.6 Å². The molecule has 0 saturated carbocycles. The van der Waals surface area contributed by atoms with Gasteiger partial charge in [0.05, 0.1) is 18.0 Å². The third-order valence-electron chi connectivity index (χ3n) is 3.57. The molecule has 0 bridgehead atoms. The molecule has 1 heterocycles. The molecule has 20 heavy (non-hydrogen) atoms. The molecule has 1 aliphatic heterocycles. The van der Waals surface area contributed by atoms with Crippen LogP contribution in [0.4, 0.5) is 11.4 Å². The number of hydrogen-bond acceptors (Lipinski definition) is 4. The van der Waals surface area contributed by atoms with Crippen LogP contribution in [-0.4, -0.2) is 30.7 Å². The van der Waals surface area contributed by atoms with Crippen LogP contribution in [0.2, 0.25) is 0 Å². The van der Waals surface area contributed by atoms with Crippen LogP contribution >= 0.6 is 0 Å². The number of rotatable bonds is 4. The number of nitrogens with zero attached hydrogens (tertiary/aromatic N) is 1. The maximum atomic E-state index is 12.2. The number of benzene rings is 1. The normalized spacial score (nSPS) is 17.9. The Bertz CT molecular complexity index is 485. The van der Waals surface area contributed by atoms with Gasteiger partial charge in [-0.1, -0.05) is 19.1 Å². The van der Waals surface area contributed by atoms with Gasteiger partial charge in [-0.2, -0.15) is 0 Å². The molecule has 1 aliphatic rings. The highest BCUT2D eigenvalue weighted by Gasteiger charge is 2.35. The van der Waals surface area contributed by atoms with Gasteiger partial charge in [-0.3, -0.25) is 0 Å². The van der Waals surface area contributed by atoms with Crippen molar-refractivity contribution in [3.8, 4) is 0 Å². The van der Waals surface area contributed by atoms with Crippen molar-refractivity contribution < 1.29 is 9.53 Å². The molecule has 1 N–H and O–H groups in total. The van der Waals surface area contributed by atoms with Crippen LogP contribution < -0.4 is 10.2 Å². The number of fused-ring (bicyclic) bond motifs is 1. The van der Waals surface area contributed by atoms with Gasteiger partial charge in [0.2, 0.25) is 0 Å². The van der Waals surface area contributed by atoms with Crippen molar-refractivity contribution in [1.82, 2.24) is 0 Å². The number of hydrogen-bond donors (Lipinski definition) is 1. The SMILES string of the molecule is CCOC(=O)C(CC)N1CC(C)(C)Nc2ccccc21. The van der Waals surface area contributed by atoms with Crippen LogP contribution in [0.15, 0.2) is 24.3 Å². The number of anilines is 2. The number of carbonyl (C=O) groups excluding carboxylic acids is 1. The number of esters is 1. The van der Waals surface area contributed by atoms with Gasteiger partial charge in [-0.15, -0.1) is 0 Å². The van der Waals surface area contributed by atoms with E-state index in [1.165, 1.54) is 0 Å². The molecule has 110 valence electrons. The molecule has 4 heteroatoms. The van der Waals surface area contributed by atoms with E-state index < -0.39 is 0 Å². The Morgan fingerprint density at radius 1 is 1.40 bits per heavy atom. The molecule has 0 radical (unpaired) electrons. The van der Waals surface area contributed by atoms with E-state index in [9.17, 15) is 4.79 Å². The fraction of sp³-hybridized carbons (Fsp3) is 0.562. The summed E-state index contributed by atoms with van der Waals surface area (Å²) in [4.78, 5) is 14.4. The van der Waals surface area contributed by atoms with Crippen LogP contribution in [-0.2, 0) is 9.53 Å². The number of para-hydroxylation sites is 2. The van der Waals surface area contributed by atoms with Crippen molar-refractivity contribution in [2.45, 2.75) is 45.7 Å². The first-order chi connectivity index (χ1) is 9.48. The molecular formula is C16H24N2O2. The van der Waals surface area contributed by atoms with Crippen LogP contribution in [0.25, 0.3) is 0 Å². The van der Waals surface area contributed by atoms with Crippen molar-refractivity contribution >= 4 is 17.3 Å². The fourth-order valence-electron chi connectivity index (χ4n) is 2.78. The lowest BCUT2D eigenvalue weighted by Gasteiger charge is -2.44. The molecule has 1 atom stereocenters. The first kappa shape index (κ1) is 14.7. The Morgan fingerprint density at radius 2 is 2.10 bits per heavy atom. The van der Waals surface area contributed by atoms with Gasteiger partial charge < -0.3 is 15.0 Å². The third-order valence-corrected chi connectivity index (χ3v) is 3.57. The van der Waals surface area contributed by atoms with E-state index in [1.54, 1.807) is 0 Å². The lowest BCUT2D eigenvalue weighted by atomic mass is 9.97. The van der Waals surface area contributed by atoms with E-state index >= 15 is 0 Å². The van der Waals surface area contributed by atoms with Crippen LogP contribution in [0.3, 0.4) is 0 Å². The summed E-state index contributed by atoms with van der Waals surface area (Å²) in [6, 6.07) is 7.90. The zero-order chi connectivity index (χ0) is 14.8. The summed E-state index contributed by atoms with van der Waals surface area (Å²) >= 11 is 0. The second kappa shape index (κ2) is 5.73. The molecule has 0 spiro atoms. The summed E-state index contributed by atoms with van der Waals surface area (Å²) in [5.74, 6) is -0.137. The minimum absolute atomic E-state index is 0.0751. The van der Waals surface area contributed by atoms with E-state index in [0.717, 1.165) is 24.3 Å². The Balaban J connectivity index is 2.36. The fourth-order valence-corrected chi connectivity index (χ4v) is 2.78. The summed E-state index contributed by atoms with van der Waals surface area (Å²) in [6.45, 7) is 9.37. The van der Waals surface area contributed by atoms with Crippen LogP contribution in [0.5, 0.6) is 0 Å². The zero-order valence-electron chi connectivity index (χ0n) is 12.8. The van der Waals surface area contributed by atoms with Gasteiger partial charge in [0.25, 0.3) is 0 Å². The largest absolute Gasteiger partial charge is 0.464 e. The zero-order valence-corrected chi connectivity index (χ0v) is 12.8. The summed E-state index contributed by atoms with van der Waals surface area (Å²) in [5, 5.41) is 3.52. The smallest absolute Gasteiger partial charge is 0.328 e. The Labute approximate surface area is 121 Å². The maximum Gasteiger partial charge on any atom is 0.328 e. The first-order valence-corrected chi connectivity index (χ1v) is 7.29. The van der Waals surface area contributed by atoms with Crippen molar-refractivity contribution in [1.29, 1.82) is 0 Å². The van der Waals surface area contributed by atoms with Gasteiger partial charge in [0.1, 0.15) is 6.04 Å². The van der Waals surface area contributed by atoms with E-state index in [4.69, 9.17) is 4.74 Å². The highest BCUT2D eigenvalue weighted by molar-refractivity contribution is 5.84. The van der Waals surface area contributed by atoms with E-state index in [0.29, 0.717) is 6.61 Å². The minimum atomic E-state index is -0.225. The number of carbonyl (C=O) groups is 1. The summed E-state index contributed by atoms with van der Waals surface area (Å²) < 4.78 is 5.23. The standard InChI is InChI=1S/C16H24N2O2/c1-5-13(15(19)20-6-2)18-11-16(3,4)17-12-9-7-8-10-14(12)18/h7-10,13,17H,5-6,11H2,1-4H3. The molecule has 0 aromatic heterocycles. The van der Waals surface area contributed by atoms with Gasteiger partial charge in [0.15, 0.2) is 0 Å². The van der Waals surface area contributed by atoms with Crippen LogP contribution in [0, 0.1) is 0 Å². The second-order valence-electron chi connectivity index (χ2n) is 5.83. The van der Waals surface area contributed by atoms with Crippen molar-refractivity contribution in [3.05, 3.63) is 24.3 Å². The average molecular weight is 276 g/mol. The molecule has 0 amide bonds. The number of nitrogens with one attached hydrogen (secondary N) is 1. The van der Waals surface area contributed by atoms with Crippen molar-refractivity contribution in [3.63, 3.8) is 0 Å². The summed E-state index contributed by atoms with van der Waals surface area (Å²) in [7, 11) is 0. The lowest BCUT2D eigenvalue weighted by Crippen LogP contribution is -2.54. The molecule has 1 unspecified atom stereocenters. The Kier molecular flexibility index (Phi) is 4.21. The van der Waals surface area contributed by atoms with E-state index in [-0.39, 0.29) is 17.6 Å². The Hall–Kier alpha value is -1.71. The van der Waals surface area contributed by atoms with Crippen LogP contribution in [0.1, 0.15) is 34.1 Å². The monoisotopic (exact) mass is 276 g/mol. The van der Waals surface area contributed by atoms with Gasteiger partial charge >= 0.3 is 5.97 Å². The Morgan fingerprint density at radius 3 is 2.75 bits per heavy atom. The number of ether oxygens (including phenoxy) is 1. The predicted octanol–water partition coefficient (Wildman–Crippen LogP) is 3.04. The van der Waals surface area contributed by atoms with Crippen molar-refractivity contribution in [2.75, 3.05) is 23.4 Å². The highest BCUT2D eigenvalue weighted by atomic mass is 16.5. The highest BCUT2D eigenvalue weighted by Crippen LogP contribution is 2.36. The third kappa shape index (κ3) is 2.89. The molecule has 4 nitrogen and oxygen atoms in total. The summed E-state index contributed by atoms with van der Waals surface area (Å²) in [6.07, 6.45) is 0.739. The average Bonchev–Trinajstić information content (AvgIpc) is 2.38. The molecule has 0 fully saturated rings. The second-order valence-corrected chi connectivity index (χ2v) is 5.83. The van der Waals surface area contributed by atoms with Crippen molar-refractivity contribution in [2.24, 2.45) is 0 Å². The molecule has 1 aromatic rings. The lowest BCUT2D eigenvalue weighted by molar-refractivity contribution is -0.144.